The second-order valence-electron chi connectivity index (χ2n) is 5.28. The zero-order valence-corrected chi connectivity index (χ0v) is 11.4. The second-order valence-corrected chi connectivity index (χ2v) is 5.69. The smallest absolute Gasteiger partial charge is 0.271 e. The number of anilines is 1. The van der Waals surface area contributed by atoms with Crippen molar-refractivity contribution < 1.29 is 4.79 Å². The molecule has 3 N–H and O–H groups in total. The molecule has 3 aliphatic heterocycles. The summed E-state index contributed by atoms with van der Waals surface area (Å²) >= 11 is 6.00. The van der Waals surface area contributed by atoms with Gasteiger partial charge in [-0.1, -0.05) is 11.6 Å². The number of rotatable bonds is 2. The summed E-state index contributed by atoms with van der Waals surface area (Å²) in [6.07, 6.45) is 2.31. The summed E-state index contributed by atoms with van der Waals surface area (Å²) in [6.45, 7) is 3.22. The van der Waals surface area contributed by atoms with E-state index in [0.717, 1.165) is 32.5 Å². The Morgan fingerprint density at radius 3 is 2.79 bits per heavy atom. The number of piperidine rings is 3. The molecule has 3 aliphatic rings. The van der Waals surface area contributed by atoms with Gasteiger partial charge in [-0.15, -0.1) is 0 Å². The molecule has 0 radical (unpaired) electrons. The van der Waals surface area contributed by atoms with E-state index < -0.39 is 0 Å². The third-order valence-electron chi connectivity index (χ3n) is 4.06. The van der Waals surface area contributed by atoms with E-state index in [1.165, 1.54) is 0 Å². The van der Waals surface area contributed by atoms with Crippen LogP contribution in [0.2, 0.25) is 5.02 Å². The molecular weight excluding hydrogens is 264 g/mol. The van der Waals surface area contributed by atoms with Crippen LogP contribution in [-0.2, 0) is 0 Å². The van der Waals surface area contributed by atoms with Crippen LogP contribution in [-0.4, -0.2) is 41.5 Å². The molecule has 3 saturated heterocycles. The molecule has 1 aromatic rings. The number of halogens is 1. The highest BCUT2D eigenvalue weighted by Gasteiger charge is 2.35. The van der Waals surface area contributed by atoms with Gasteiger partial charge in [-0.2, -0.15) is 0 Å². The van der Waals surface area contributed by atoms with Crippen molar-refractivity contribution in [3.8, 4) is 0 Å². The Bertz CT molecular complexity index is 499. The van der Waals surface area contributed by atoms with Crippen LogP contribution in [0.3, 0.4) is 0 Å². The maximum absolute atomic E-state index is 12.2. The number of carbonyl (C=O) groups is 1. The number of pyridine rings is 1. The van der Waals surface area contributed by atoms with Gasteiger partial charge in [-0.25, -0.2) is 4.98 Å². The van der Waals surface area contributed by atoms with Crippen molar-refractivity contribution in [3.63, 3.8) is 0 Å². The molecule has 1 atom stereocenters. The van der Waals surface area contributed by atoms with Gasteiger partial charge in [-0.3, -0.25) is 4.79 Å². The zero-order chi connectivity index (χ0) is 13.4. The van der Waals surface area contributed by atoms with Crippen LogP contribution < -0.4 is 11.1 Å². The SMILES string of the molecule is Nc1ccc(Cl)c(C(=O)NC2CN3CCC2CC3)n1. The first-order chi connectivity index (χ1) is 9.13. The van der Waals surface area contributed by atoms with Gasteiger partial charge in [0.05, 0.1) is 5.02 Å². The molecule has 2 bridgehead atoms. The third kappa shape index (κ3) is 2.53. The number of hydrogen-bond acceptors (Lipinski definition) is 4. The number of hydrogen-bond donors (Lipinski definition) is 2. The minimum Gasteiger partial charge on any atom is -0.384 e. The average Bonchev–Trinajstić information content (AvgIpc) is 2.43. The number of nitrogens with zero attached hydrogens (tertiary/aromatic N) is 2. The van der Waals surface area contributed by atoms with Gasteiger partial charge in [0.1, 0.15) is 11.5 Å². The highest BCUT2D eigenvalue weighted by Crippen LogP contribution is 2.28. The maximum atomic E-state index is 12.2. The fraction of sp³-hybridized carbons (Fsp3) is 0.538. The molecule has 0 spiro atoms. The van der Waals surface area contributed by atoms with Crippen molar-refractivity contribution in [2.24, 2.45) is 5.92 Å². The lowest BCUT2D eigenvalue weighted by Crippen LogP contribution is -2.57. The van der Waals surface area contributed by atoms with Crippen molar-refractivity contribution in [2.45, 2.75) is 18.9 Å². The molecule has 19 heavy (non-hydrogen) atoms. The third-order valence-corrected chi connectivity index (χ3v) is 4.36. The maximum Gasteiger partial charge on any atom is 0.271 e. The summed E-state index contributed by atoms with van der Waals surface area (Å²) in [6, 6.07) is 3.40. The Morgan fingerprint density at radius 2 is 2.16 bits per heavy atom. The van der Waals surface area contributed by atoms with E-state index >= 15 is 0 Å². The lowest BCUT2D eigenvalue weighted by molar-refractivity contribution is 0.0618. The van der Waals surface area contributed by atoms with Crippen molar-refractivity contribution in [3.05, 3.63) is 22.8 Å². The number of nitrogens with one attached hydrogen (secondary N) is 1. The number of fused-ring (bicyclic) bond motifs is 3. The molecular formula is C13H17ClN4O. The van der Waals surface area contributed by atoms with Crippen molar-refractivity contribution in [2.75, 3.05) is 25.4 Å². The van der Waals surface area contributed by atoms with Gasteiger partial charge >= 0.3 is 0 Å². The molecule has 0 saturated carbocycles. The largest absolute Gasteiger partial charge is 0.384 e. The van der Waals surface area contributed by atoms with Gasteiger partial charge in [0.25, 0.3) is 5.91 Å². The molecule has 4 rings (SSSR count). The molecule has 102 valence electrons. The van der Waals surface area contributed by atoms with Crippen LogP contribution in [0.1, 0.15) is 23.3 Å². The summed E-state index contributed by atoms with van der Waals surface area (Å²) in [5.41, 5.74) is 5.82. The zero-order valence-electron chi connectivity index (χ0n) is 10.6. The molecule has 5 nitrogen and oxygen atoms in total. The van der Waals surface area contributed by atoms with Crippen LogP contribution in [0.5, 0.6) is 0 Å². The average molecular weight is 281 g/mol. The molecule has 6 heteroatoms. The van der Waals surface area contributed by atoms with E-state index in [-0.39, 0.29) is 17.6 Å². The highest BCUT2D eigenvalue weighted by atomic mass is 35.5. The Kier molecular flexibility index (Phi) is 3.33. The van der Waals surface area contributed by atoms with E-state index in [0.29, 0.717) is 16.8 Å². The summed E-state index contributed by atoms with van der Waals surface area (Å²) in [5, 5.41) is 3.39. The molecule has 0 aliphatic carbocycles. The molecule has 1 unspecified atom stereocenters. The van der Waals surface area contributed by atoms with Gasteiger partial charge < -0.3 is 16.0 Å². The standard InChI is InChI=1S/C13H17ClN4O/c14-9-1-2-11(15)17-12(9)13(19)16-10-7-18-5-3-8(10)4-6-18/h1-2,8,10H,3-7H2,(H2,15,17)(H,16,19). The highest BCUT2D eigenvalue weighted by molar-refractivity contribution is 6.33. The predicted molar refractivity (Wildman–Crippen MR) is 74.1 cm³/mol. The fourth-order valence-electron chi connectivity index (χ4n) is 2.98. The Morgan fingerprint density at radius 1 is 1.42 bits per heavy atom. The summed E-state index contributed by atoms with van der Waals surface area (Å²) in [7, 11) is 0. The van der Waals surface area contributed by atoms with Crippen molar-refractivity contribution in [1.82, 2.24) is 15.2 Å². The lowest BCUT2D eigenvalue weighted by Gasteiger charge is -2.44. The Balaban J connectivity index is 1.73. The molecule has 1 amide bonds. The monoisotopic (exact) mass is 280 g/mol. The number of carbonyl (C=O) groups excluding carboxylic acids is 1. The number of amides is 1. The first-order valence-corrected chi connectivity index (χ1v) is 6.96. The molecule has 3 fully saturated rings. The predicted octanol–water partition coefficient (Wildman–Crippen LogP) is 1.14. The van der Waals surface area contributed by atoms with Crippen molar-refractivity contribution in [1.29, 1.82) is 0 Å². The fourth-order valence-corrected chi connectivity index (χ4v) is 3.17. The van der Waals surface area contributed by atoms with Gasteiger partial charge in [-0.05, 0) is 44.0 Å². The number of nitrogens with two attached hydrogens (primary N) is 1. The lowest BCUT2D eigenvalue weighted by atomic mass is 9.84. The first kappa shape index (κ1) is 12.7. The summed E-state index contributed by atoms with van der Waals surface area (Å²) in [4.78, 5) is 18.6. The summed E-state index contributed by atoms with van der Waals surface area (Å²) in [5.74, 6) is 0.660. The molecule has 1 aromatic heterocycles. The van der Waals surface area contributed by atoms with E-state index in [1.54, 1.807) is 12.1 Å². The van der Waals surface area contributed by atoms with E-state index in [2.05, 4.69) is 15.2 Å². The minimum atomic E-state index is -0.226. The van der Waals surface area contributed by atoms with Gasteiger partial charge in [0.15, 0.2) is 0 Å². The second kappa shape index (κ2) is 4.98. The Hall–Kier alpha value is -1.33. The van der Waals surface area contributed by atoms with Gasteiger partial charge in [0, 0.05) is 12.6 Å². The normalized spacial score (nSPS) is 29.2. The Labute approximate surface area is 117 Å². The van der Waals surface area contributed by atoms with Crippen LogP contribution in [0.4, 0.5) is 5.82 Å². The molecule has 0 aromatic carbocycles. The van der Waals surface area contributed by atoms with Crippen molar-refractivity contribution >= 4 is 23.3 Å². The van der Waals surface area contributed by atoms with Crippen LogP contribution in [0.25, 0.3) is 0 Å². The quantitative estimate of drug-likeness (QED) is 0.852. The van der Waals surface area contributed by atoms with Crippen LogP contribution in [0.15, 0.2) is 12.1 Å². The van der Waals surface area contributed by atoms with Crippen LogP contribution in [0, 0.1) is 5.92 Å². The molecule has 4 heterocycles. The van der Waals surface area contributed by atoms with E-state index in [1.807, 2.05) is 0 Å². The van der Waals surface area contributed by atoms with Gasteiger partial charge in [0.2, 0.25) is 0 Å². The number of aromatic nitrogens is 1. The van der Waals surface area contributed by atoms with E-state index in [9.17, 15) is 4.79 Å². The van der Waals surface area contributed by atoms with E-state index in [4.69, 9.17) is 17.3 Å². The first-order valence-electron chi connectivity index (χ1n) is 6.59. The van der Waals surface area contributed by atoms with Crippen LogP contribution >= 0.6 is 11.6 Å². The summed E-state index contributed by atoms with van der Waals surface area (Å²) < 4.78 is 0. The topological polar surface area (TPSA) is 71.2 Å². The minimum absolute atomic E-state index is 0.203. The number of nitrogen functional groups attached to an aromatic ring is 1.